The van der Waals surface area contributed by atoms with Gasteiger partial charge in [0.1, 0.15) is 0 Å². The minimum atomic E-state index is 0.0789. The first-order valence-electron chi connectivity index (χ1n) is 5.01. The third-order valence-corrected chi connectivity index (χ3v) is 2.43. The third-order valence-electron chi connectivity index (χ3n) is 2.43. The molecule has 14 heavy (non-hydrogen) atoms. The summed E-state index contributed by atoms with van der Waals surface area (Å²) in [6, 6.07) is 0.658. The van der Waals surface area contributed by atoms with Crippen LogP contribution < -0.4 is 0 Å². The fourth-order valence-corrected chi connectivity index (χ4v) is 1.56. The van der Waals surface area contributed by atoms with Crippen molar-refractivity contribution in [1.82, 2.24) is 9.80 Å². The van der Waals surface area contributed by atoms with Gasteiger partial charge in [-0.1, -0.05) is 0 Å². The lowest BCUT2D eigenvalue weighted by Crippen LogP contribution is -2.45. The van der Waals surface area contributed by atoms with Crippen molar-refractivity contribution in [3.05, 3.63) is 0 Å². The van der Waals surface area contributed by atoms with Crippen molar-refractivity contribution in [2.24, 2.45) is 0 Å². The summed E-state index contributed by atoms with van der Waals surface area (Å²) < 4.78 is 0. The fourth-order valence-electron chi connectivity index (χ4n) is 1.56. The maximum Gasteiger partial charge on any atom is 0.320 e. The van der Waals surface area contributed by atoms with E-state index in [0.717, 1.165) is 12.8 Å². The van der Waals surface area contributed by atoms with E-state index in [4.69, 9.17) is 6.42 Å². The van der Waals surface area contributed by atoms with E-state index in [1.165, 1.54) is 0 Å². The molecule has 1 rings (SSSR count). The van der Waals surface area contributed by atoms with Crippen LogP contribution in [0.3, 0.4) is 0 Å². The van der Waals surface area contributed by atoms with Crippen LogP contribution >= 0.6 is 0 Å². The van der Waals surface area contributed by atoms with Gasteiger partial charge < -0.3 is 9.80 Å². The first-order valence-corrected chi connectivity index (χ1v) is 5.01. The maximum atomic E-state index is 11.8. The van der Waals surface area contributed by atoms with Crippen molar-refractivity contribution in [2.45, 2.75) is 38.3 Å². The molecule has 1 aliphatic carbocycles. The van der Waals surface area contributed by atoms with Crippen LogP contribution in [-0.2, 0) is 0 Å². The third kappa shape index (κ3) is 2.41. The Balaban J connectivity index is 2.64. The van der Waals surface area contributed by atoms with E-state index < -0.39 is 0 Å². The highest BCUT2D eigenvalue weighted by atomic mass is 16.2. The van der Waals surface area contributed by atoms with Crippen LogP contribution in [0.1, 0.15) is 26.2 Å². The number of urea groups is 1. The zero-order valence-corrected chi connectivity index (χ0v) is 9.16. The second-order valence-corrected chi connectivity index (χ2v) is 4.07. The highest BCUT2D eigenvalue weighted by Gasteiger charge is 2.36. The summed E-state index contributed by atoms with van der Waals surface area (Å²) in [6.07, 6.45) is 8.14. The molecule has 1 fully saturated rings. The van der Waals surface area contributed by atoms with Crippen molar-refractivity contribution in [2.75, 3.05) is 14.1 Å². The van der Waals surface area contributed by atoms with Crippen molar-refractivity contribution in [1.29, 1.82) is 0 Å². The zero-order valence-electron chi connectivity index (χ0n) is 9.16. The topological polar surface area (TPSA) is 23.6 Å². The number of hydrogen-bond acceptors (Lipinski definition) is 1. The van der Waals surface area contributed by atoms with E-state index in [-0.39, 0.29) is 12.1 Å². The molecule has 0 aromatic carbocycles. The van der Waals surface area contributed by atoms with Crippen LogP contribution in [0, 0.1) is 12.3 Å². The van der Waals surface area contributed by atoms with Gasteiger partial charge in [0.15, 0.2) is 0 Å². The molecule has 78 valence electrons. The largest absolute Gasteiger partial charge is 0.331 e. The Bertz CT molecular complexity index is 251. The Morgan fingerprint density at radius 3 is 2.50 bits per heavy atom. The predicted molar refractivity (Wildman–Crippen MR) is 56.9 cm³/mol. The molecular weight excluding hydrogens is 176 g/mol. The van der Waals surface area contributed by atoms with Crippen LogP contribution in [0.25, 0.3) is 0 Å². The first-order chi connectivity index (χ1) is 6.57. The van der Waals surface area contributed by atoms with Gasteiger partial charge in [-0.2, -0.15) is 0 Å². The molecular formula is C11H18N2O. The molecule has 2 amide bonds. The normalized spacial score (nSPS) is 17.0. The highest BCUT2D eigenvalue weighted by molar-refractivity contribution is 5.75. The molecule has 1 saturated carbocycles. The van der Waals surface area contributed by atoms with Gasteiger partial charge >= 0.3 is 6.03 Å². The van der Waals surface area contributed by atoms with Crippen molar-refractivity contribution in [3.8, 4) is 12.3 Å². The Labute approximate surface area is 86.1 Å². The average molecular weight is 194 g/mol. The van der Waals surface area contributed by atoms with Gasteiger partial charge in [0.2, 0.25) is 0 Å². The Morgan fingerprint density at radius 2 is 2.14 bits per heavy atom. The summed E-state index contributed by atoms with van der Waals surface area (Å²) in [5, 5.41) is 0. The van der Waals surface area contributed by atoms with Crippen LogP contribution in [0.2, 0.25) is 0 Å². The van der Waals surface area contributed by atoms with Gasteiger partial charge in [0.25, 0.3) is 0 Å². The molecule has 0 saturated heterocycles. The Kier molecular flexibility index (Phi) is 3.40. The Morgan fingerprint density at radius 1 is 1.57 bits per heavy atom. The lowest BCUT2D eigenvalue weighted by molar-refractivity contribution is 0.150. The Hall–Kier alpha value is -1.17. The number of carbonyl (C=O) groups is 1. The monoisotopic (exact) mass is 194 g/mol. The molecule has 0 aliphatic heterocycles. The van der Waals surface area contributed by atoms with E-state index in [9.17, 15) is 4.79 Å². The standard InChI is InChI=1S/C11H18N2O/c1-5-6-9(2)13(10-7-8-10)11(14)12(3)4/h1,9-10H,6-8H2,2-4H3/t9-/m1/s1. The van der Waals surface area contributed by atoms with Crippen LogP contribution in [0.4, 0.5) is 4.79 Å². The second-order valence-electron chi connectivity index (χ2n) is 4.07. The highest BCUT2D eigenvalue weighted by Crippen LogP contribution is 2.30. The second kappa shape index (κ2) is 4.36. The lowest BCUT2D eigenvalue weighted by atomic mass is 10.2. The maximum absolute atomic E-state index is 11.8. The molecule has 0 bridgehead atoms. The van der Waals surface area contributed by atoms with E-state index in [1.54, 1.807) is 19.0 Å². The summed E-state index contributed by atoms with van der Waals surface area (Å²) in [5.41, 5.74) is 0. The SMILES string of the molecule is C#CC[C@@H](C)N(C(=O)N(C)C)C1CC1. The molecule has 1 atom stereocenters. The lowest BCUT2D eigenvalue weighted by Gasteiger charge is -2.30. The quantitative estimate of drug-likeness (QED) is 0.625. The van der Waals surface area contributed by atoms with E-state index in [1.807, 2.05) is 11.8 Å². The molecule has 3 nitrogen and oxygen atoms in total. The molecule has 0 radical (unpaired) electrons. The smallest absolute Gasteiger partial charge is 0.320 e. The fraction of sp³-hybridized carbons (Fsp3) is 0.727. The van der Waals surface area contributed by atoms with Crippen LogP contribution in [0.5, 0.6) is 0 Å². The number of carbonyl (C=O) groups excluding carboxylic acids is 1. The summed E-state index contributed by atoms with van der Waals surface area (Å²) >= 11 is 0. The van der Waals surface area contributed by atoms with Crippen LogP contribution in [-0.4, -0.2) is 42.0 Å². The van der Waals surface area contributed by atoms with Gasteiger partial charge in [-0.3, -0.25) is 0 Å². The molecule has 0 spiro atoms. The minimum Gasteiger partial charge on any atom is -0.331 e. The number of rotatable bonds is 3. The van der Waals surface area contributed by atoms with Gasteiger partial charge in [-0.15, -0.1) is 12.3 Å². The molecule has 0 N–H and O–H groups in total. The van der Waals surface area contributed by atoms with Crippen molar-refractivity contribution >= 4 is 6.03 Å². The number of amides is 2. The van der Waals surface area contributed by atoms with Gasteiger partial charge in [0, 0.05) is 32.6 Å². The molecule has 0 unspecified atom stereocenters. The minimum absolute atomic E-state index is 0.0789. The summed E-state index contributed by atoms with van der Waals surface area (Å²) in [4.78, 5) is 15.4. The zero-order chi connectivity index (χ0) is 10.7. The number of terminal acetylenes is 1. The van der Waals surface area contributed by atoms with Crippen molar-refractivity contribution < 1.29 is 4.79 Å². The van der Waals surface area contributed by atoms with Gasteiger partial charge in [-0.25, -0.2) is 4.79 Å². The van der Waals surface area contributed by atoms with E-state index in [2.05, 4.69) is 5.92 Å². The average Bonchev–Trinajstić information content (AvgIpc) is 2.89. The number of nitrogens with zero attached hydrogens (tertiary/aromatic N) is 2. The van der Waals surface area contributed by atoms with Gasteiger partial charge in [0.05, 0.1) is 0 Å². The molecule has 0 heterocycles. The van der Waals surface area contributed by atoms with Gasteiger partial charge in [-0.05, 0) is 19.8 Å². The predicted octanol–water partition coefficient (Wildman–Crippen LogP) is 1.54. The molecule has 0 aromatic rings. The number of hydrogen-bond donors (Lipinski definition) is 0. The van der Waals surface area contributed by atoms with E-state index in [0.29, 0.717) is 12.5 Å². The van der Waals surface area contributed by atoms with Crippen LogP contribution in [0.15, 0.2) is 0 Å². The molecule has 0 aromatic heterocycles. The summed E-state index contributed by atoms with van der Waals surface area (Å²) in [7, 11) is 3.56. The molecule has 3 heteroatoms. The first kappa shape index (κ1) is 10.9. The van der Waals surface area contributed by atoms with E-state index >= 15 is 0 Å². The van der Waals surface area contributed by atoms with Crippen molar-refractivity contribution in [3.63, 3.8) is 0 Å². The summed E-state index contributed by atoms with van der Waals surface area (Å²) in [6.45, 7) is 2.01. The summed E-state index contributed by atoms with van der Waals surface area (Å²) in [5.74, 6) is 2.61. The molecule has 1 aliphatic rings.